The maximum absolute atomic E-state index is 11.1. The number of rotatable bonds is 5. The molecule has 0 fully saturated rings. The standard InChI is InChI=1S/C13H13N3O5.Li.H/c1-20-8-6-9(21-2)16-12(15-8)11(17)7-4-3-5-14-10(7)13(18)19;;/h3-6,11,17H,1-2H3,(H,18,19);;/q;+1;-1. The molecule has 0 bridgehead atoms. The normalized spacial score (nSPS) is 11.2. The summed E-state index contributed by atoms with van der Waals surface area (Å²) in [5, 5.41) is 19.4. The van der Waals surface area contributed by atoms with Crippen molar-refractivity contribution in [3.8, 4) is 11.8 Å². The average Bonchev–Trinajstić information content (AvgIpc) is 2.53. The van der Waals surface area contributed by atoms with Gasteiger partial charge in [-0.1, -0.05) is 6.07 Å². The van der Waals surface area contributed by atoms with E-state index < -0.39 is 12.1 Å². The Balaban J connectivity index is 0.00000242. The van der Waals surface area contributed by atoms with Gasteiger partial charge in [-0.05, 0) is 6.07 Å². The summed E-state index contributed by atoms with van der Waals surface area (Å²) in [6.45, 7) is 0. The molecule has 1 unspecified atom stereocenters. The van der Waals surface area contributed by atoms with E-state index in [1.54, 1.807) is 0 Å². The molecule has 2 rings (SSSR count). The van der Waals surface area contributed by atoms with Gasteiger partial charge in [0.1, 0.15) is 6.10 Å². The molecule has 0 saturated heterocycles. The fraction of sp³-hybridized carbons (Fsp3) is 0.231. The molecule has 2 heterocycles. The van der Waals surface area contributed by atoms with Crippen molar-refractivity contribution in [2.45, 2.75) is 6.10 Å². The second-order valence-electron chi connectivity index (χ2n) is 3.96. The summed E-state index contributed by atoms with van der Waals surface area (Å²) in [4.78, 5) is 22.9. The van der Waals surface area contributed by atoms with Crippen LogP contribution in [0.2, 0.25) is 0 Å². The first-order valence-electron chi connectivity index (χ1n) is 5.90. The maximum atomic E-state index is 11.1. The minimum Gasteiger partial charge on any atom is -1.00 e. The minimum atomic E-state index is -1.37. The van der Waals surface area contributed by atoms with E-state index in [2.05, 4.69) is 15.0 Å². The van der Waals surface area contributed by atoms with Gasteiger partial charge in [-0.15, -0.1) is 0 Å². The molecule has 0 spiro atoms. The van der Waals surface area contributed by atoms with Crippen LogP contribution in [-0.2, 0) is 0 Å². The SMILES string of the molecule is COc1cc(OC)nc(C(O)c2cccnc2C(=O)O)n1.[H-].[Li+]. The zero-order chi connectivity index (χ0) is 15.4. The van der Waals surface area contributed by atoms with Gasteiger partial charge in [0.2, 0.25) is 11.8 Å². The van der Waals surface area contributed by atoms with Crippen LogP contribution in [0.3, 0.4) is 0 Å². The fourth-order valence-corrected chi connectivity index (χ4v) is 1.71. The Morgan fingerprint density at radius 2 is 1.86 bits per heavy atom. The van der Waals surface area contributed by atoms with Crippen molar-refractivity contribution in [3.63, 3.8) is 0 Å². The number of methoxy groups -OCH3 is 2. The van der Waals surface area contributed by atoms with Gasteiger partial charge in [-0.25, -0.2) is 9.78 Å². The number of hydrogen-bond acceptors (Lipinski definition) is 7. The van der Waals surface area contributed by atoms with Gasteiger partial charge in [0.25, 0.3) is 0 Å². The summed E-state index contributed by atoms with van der Waals surface area (Å²) < 4.78 is 9.97. The van der Waals surface area contributed by atoms with Crippen molar-refractivity contribution in [3.05, 3.63) is 41.5 Å². The molecule has 2 aromatic rings. The van der Waals surface area contributed by atoms with Crippen molar-refractivity contribution < 1.29 is 44.8 Å². The number of carboxylic acids is 1. The van der Waals surface area contributed by atoms with Crippen LogP contribution >= 0.6 is 0 Å². The Bertz CT molecular complexity index is 652. The van der Waals surface area contributed by atoms with Gasteiger partial charge in [-0.3, -0.25) is 0 Å². The van der Waals surface area contributed by atoms with E-state index in [1.807, 2.05) is 0 Å². The maximum Gasteiger partial charge on any atom is 1.00 e. The molecule has 0 amide bonds. The van der Waals surface area contributed by atoms with Gasteiger partial charge in [0.05, 0.1) is 20.3 Å². The molecule has 0 saturated carbocycles. The van der Waals surface area contributed by atoms with Crippen LogP contribution in [0.15, 0.2) is 24.4 Å². The van der Waals surface area contributed by atoms with Crippen molar-refractivity contribution in [1.82, 2.24) is 15.0 Å². The van der Waals surface area contributed by atoms with Crippen LogP contribution < -0.4 is 28.3 Å². The van der Waals surface area contributed by atoms with Crippen molar-refractivity contribution in [2.24, 2.45) is 0 Å². The van der Waals surface area contributed by atoms with Crippen molar-refractivity contribution in [1.29, 1.82) is 0 Å². The number of nitrogens with zero attached hydrogens (tertiary/aromatic N) is 3. The molecule has 9 heteroatoms. The monoisotopic (exact) mass is 299 g/mol. The molecule has 112 valence electrons. The first-order chi connectivity index (χ1) is 10.1. The smallest absolute Gasteiger partial charge is 1.00 e. The third-order valence-corrected chi connectivity index (χ3v) is 2.70. The number of aliphatic hydroxyl groups excluding tert-OH is 1. The number of hydrogen-bond donors (Lipinski definition) is 2. The predicted molar refractivity (Wildman–Crippen MR) is 71.5 cm³/mol. The Labute approximate surface area is 139 Å². The molecule has 0 aliphatic rings. The van der Waals surface area contributed by atoms with Gasteiger partial charge in [0.15, 0.2) is 11.5 Å². The van der Waals surface area contributed by atoms with E-state index in [0.717, 1.165) is 0 Å². The summed E-state index contributed by atoms with van der Waals surface area (Å²) in [5.41, 5.74) is -0.185. The Morgan fingerprint density at radius 3 is 2.36 bits per heavy atom. The predicted octanol–water partition coefficient (Wildman–Crippen LogP) is -2.21. The summed E-state index contributed by atoms with van der Waals surface area (Å²) in [6.07, 6.45) is -0.0408. The number of pyridine rings is 1. The molecule has 0 aliphatic heterocycles. The van der Waals surface area contributed by atoms with Crippen molar-refractivity contribution in [2.75, 3.05) is 14.2 Å². The van der Waals surface area contributed by atoms with Gasteiger partial charge < -0.3 is 21.1 Å². The molecular weight excluding hydrogens is 285 g/mol. The van der Waals surface area contributed by atoms with E-state index in [9.17, 15) is 9.90 Å². The summed E-state index contributed by atoms with van der Waals surface area (Å²) >= 11 is 0. The Morgan fingerprint density at radius 1 is 1.27 bits per heavy atom. The summed E-state index contributed by atoms with van der Waals surface area (Å²) in [6, 6.07) is 4.40. The molecule has 0 radical (unpaired) electrons. The number of ether oxygens (including phenoxy) is 2. The molecular formula is C13H14LiN3O5. The quantitative estimate of drug-likeness (QED) is 0.597. The first-order valence-corrected chi connectivity index (χ1v) is 5.90. The topological polar surface area (TPSA) is 115 Å². The second kappa shape index (κ2) is 7.75. The van der Waals surface area contributed by atoms with Gasteiger partial charge in [-0.2, -0.15) is 9.97 Å². The molecule has 8 nitrogen and oxygen atoms in total. The molecule has 22 heavy (non-hydrogen) atoms. The van der Waals surface area contributed by atoms with Crippen LogP contribution in [0.25, 0.3) is 0 Å². The van der Waals surface area contributed by atoms with E-state index in [0.29, 0.717) is 0 Å². The number of aromatic carboxylic acids is 1. The first kappa shape index (κ1) is 17.9. The molecule has 1 atom stereocenters. The Kier molecular flexibility index (Phi) is 6.31. The van der Waals surface area contributed by atoms with Crippen LogP contribution in [-0.4, -0.2) is 45.4 Å². The number of aliphatic hydroxyl groups is 1. The van der Waals surface area contributed by atoms with Gasteiger partial charge >= 0.3 is 24.8 Å². The number of carboxylic acid groups (broad SMARTS) is 1. The summed E-state index contributed by atoms with van der Waals surface area (Å²) in [7, 11) is 2.81. The van der Waals surface area contributed by atoms with Gasteiger partial charge in [0, 0.05) is 11.8 Å². The van der Waals surface area contributed by atoms with E-state index in [-0.39, 0.29) is 49.1 Å². The third kappa shape index (κ3) is 3.74. The van der Waals surface area contributed by atoms with Crippen LogP contribution in [0.5, 0.6) is 11.8 Å². The number of carbonyl (C=O) groups is 1. The largest absolute Gasteiger partial charge is 1.00 e. The minimum absolute atomic E-state index is 0. The molecule has 2 N–H and O–H groups in total. The summed E-state index contributed by atoms with van der Waals surface area (Å²) in [5.74, 6) is -0.908. The molecule has 0 aromatic carbocycles. The fourth-order valence-electron chi connectivity index (χ4n) is 1.71. The van der Waals surface area contributed by atoms with Crippen LogP contribution in [0, 0.1) is 0 Å². The van der Waals surface area contributed by atoms with E-state index in [1.165, 1.54) is 38.6 Å². The van der Waals surface area contributed by atoms with E-state index in [4.69, 9.17) is 14.6 Å². The molecule has 0 aliphatic carbocycles. The zero-order valence-corrected chi connectivity index (χ0v) is 12.3. The van der Waals surface area contributed by atoms with Crippen molar-refractivity contribution >= 4 is 5.97 Å². The Hall–Kier alpha value is -2.14. The average molecular weight is 299 g/mol. The number of aromatic nitrogens is 3. The second-order valence-corrected chi connectivity index (χ2v) is 3.96. The molecule has 2 aromatic heterocycles. The van der Waals surface area contributed by atoms with Crippen LogP contribution in [0.1, 0.15) is 29.4 Å². The third-order valence-electron chi connectivity index (χ3n) is 2.70. The zero-order valence-electron chi connectivity index (χ0n) is 13.3. The van der Waals surface area contributed by atoms with Crippen LogP contribution in [0.4, 0.5) is 0 Å². The van der Waals surface area contributed by atoms with E-state index >= 15 is 0 Å².